The van der Waals surface area contributed by atoms with Gasteiger partial charge in [-0.2, -0.15) is 0 Å². The van der Waals surface area contributed by atoms with E-state index in [0.717, 1.165) is 10.4 Å². The monoisotopic (exact) mass is 339 g/mol. The van der Waals surface area contributed by atoms with Gasteiger partial charge < -0.3 is 5.73 Å². The lowest BCUT2D eigenvalue weighted by Gasteiger charge is -2.23. The van der Waals surface area contributed by atoms with Gasteiger partial charge in [-0.3, -0.25) is 0 Å². The summed E-state index contributed by atoms with van der Waals surface area (Å²) in [7, 11) is -1.17. The number of hydrogen-bond acceptors (Lipinski definition) is 4. The summed E-state index contributed by atoms with van der Waals surface area (Å²) in [5.74, 6) is 0. The molecule has 0 spiro atoms. The Kier molecular flexibility index (Phi) is 7.19. The topological polar surface area (TPSA) is 68.0 Å². The van der Waals surface area contributed by atoms with E-state index in [2.05, 4.69) is 9.71 Å². The predicted octanol–water partition coefficient (Wildman–Crippen LogP) is 3.89. The Morgan fingerprint density at radius 3 is 2.27 bits per heavy atom. The van der Waals surface area contributed by atoms with E-state index in [1.54, 1.807) is 6.20 Å². The van der Waals surface area contributed by atoms with Gasteiger partial charge in [-0.05, 0) is 26.3 Å². The van der Waals surface area contributed by atoms with Crippen molar-refractivity contribution in [3.8, 4) is 0 Å². The van der Waals surface area contributed by atoms with Crippen LogP contribution in [0.15, 0.2) is 36.5 Å². The molecule has 0 bridgehead atoms. The van der Waals surface area contributed by atoms with Crippen LogP contribution >= 0.6 is 11.3 Å². The van der Waals surface area contributed by atoms with Gasteiger partial charge >= 0.3 is 0 Å². The summed E-state index contributed by atoms with van der Waals surface area (Å²) in [6, 6.07) is 9.75. The SMILES string of the molecule is CC.CC(C)(C)[S@@](=O)N[C@@H](c1ccccc1)c1cnc(N)s1. The first-order valence-electron chi connectivity index (χ1n) is 7.32. The molecule has 0 aliphatic carbocycles. The van der Waals surface area contributed by atoms with E-state index >= 15 is 0 Å². The number of rotatable bonds is 4. The summed E-state index contributed by atoms with van der Waals surface area (Å²) in [6.07, 6.45) is 1.74. The number of aromatic nitrogens is 1. The maximum Gasteiger partial charge on any atom is 0.180 e. The van der Waals surface area contributed by atoms with Crippen molar-refractivity contribution in [3.05, 3.63) is 47.0 Å². The fourth-order valence-electron chi connectivity index (χ4n) is 1.65. The average Bonchev–Trinajstić information content (AvgIpc) is 2.92. The number of hydrogen-bond donors (Lipinski definition) is 2. The van der Waals surface area contributed by atoms with Crippen molar-refractivity contribution in [1.29, 1.82) is 0 Å². The van der Waals surface area contributed by atoms with Crippen LogP contribution < -0.4 is 10.5 Å². The van der Waals surface area contributed by atoms with Gasteiger partial charge in [0.2, 0.25) is 0 Å². The van der Waals surface area contributed by atoms with Crippen LogP contribution in [0.4, 0.5) is 5.13 Å². The number of nitrogen functional groups attached to an aromatic ring is 1. The molecule has 1 heterocycles. The van der Waals surface area contributed by atoms with E-state index in [-0.39, 0.29) is 10.8 Å². The lowest BCUT2D eigenvalue weighted by Crippen LogP contribution is -2.35. The lowest BCUT2D eigenvalue weighted by molar-refractivity contribution is 0.625. The maximum atomic E-state index is 12.4. The number of anilines is 1. The van der Waals surface area contributed by atoms with Gasteiger partial charge in [0, 0.05) is 11.1 Å². The zero-order chi connectivity index (χ0) is 16.8. The fourth-order valence-corrected chi connectivity index (χ4v) is 3.32. The molecule has 6 heteroatoms. The van der Waals surface area contributed by atoms with Crippen molar-refractivity contribution in [2.75, 3.05) is 5.73 Å². The lowest BCUT2D eigenvalue weighted by atomic mass is 10.1. The Labute approximate surface area is 139 Å². The normalized spacial score (nSPS) is 13.9. The molecule has 2 aromatic rings. The zero-order valence-corrected chi connectivity index (χ0v) is 15.4. The Bertz CT molecular complexity index is 591. The number of nitrogens with one attached hydrogen (secondary N) is 1. The summed E-state index contributed by atoms with van der Waals surface area (Å²) in [5.41, 5.74) is 6.76. The van der Waals surface area contributed by atoms with E-state index in [1.807, 2.05) is 65.0 Å². The van der Waals surface area contributed by atoms with Crippen molar-refractivity contribution in [3.63, 3.8) is 0 Å². The van der Waals surface area contributed by atoms with Gasteiger partial charge in [0.05, 0.1) is 21.8 Å². The highest BCUT2D eigenvalue weighted by Crippen LogP contribution is 2.29. The second kappa shape index (κ2) is 8.41. The third kappa shape index (κ3) is 5.19. The summed E-state index contributed by atoms with van der Waals surface area (Å²) in [5, 5.41) is 0.518. The van der Waals surface area contributed by atoms with Gasteiger partial charge in [0.15, 0.2) is 5.13 Å². The molecule has 22 heavy (non-hydrogen) atoms. The molecule has 2 atom stereocenters. The first-order chi connectivity index (χ1) is 10.4. The molecular weight excluding hydrogens is 314 g/mol. The highest BCUT2D eigenvalue weighted by Gasteiger charge is 2.25. The van der Waals surface area contributed by atoms with Gasteiger partial charge in [0.1, 0.15) is 0 Å². The van der Waals surface area contributed by atoms with Gasteiger partial charge in [-0.25, -0.2) is 13.9 Å². The third-order valence-electron chi connectivity index (χ3n) is 2.74. The highest BCUT2D eigenvalue weighted by atomic mass is 32.2. The maximum absolute atomic E-state index is 12.4. The molecule has 0 unspecified atom stereocenters. The minimum atomic E-state index is -1.17. The molecule has 0 aliphatic heterocycles. The molecule has 0 saturated carbocycles. The number of nitrogens with two attached hydrogens (primary N) is 1. The number of benzene rings is 1. The van der Waals surface area contributed by atoms with Crippen molar-refractivity contribution < 1.29 is 4.21 Å². The predicted molar refractivity (Wildman–Crippen MR) is 97.2 cm³/mol. The van der Waals surface area contributed by atoms with E-state index < -0.39 is 11.0 Å². The van der Waals surface area contributed by atoms with Gasteiger partial charge in [-0.1, -0.05) is 44.2 Å². The first-order valence-corrected chi connectivity index (χ1v) is 9.29. The minimum Gasteiger partial charge on any atom is -0.375 e. The smallest absolute Gasteiger partial charge is 0.180 e. The van der Waals surface area contributed by atoms with Crippen molar-refractivity contribution in [1.82, 2.24) is 9.71 Å². The standard InChI is InChI=1S/C14H19N3OS2.C2H6/c1-14(2,3)20(18)17-12(10-7-5-4-6-8-10)11-9-16-13(15)19-11;1-2/h4-9,12,17H,1-3H3,(H2,15,16);1-2H3/t12-,20+;/m0./s1. The third-order valence-corrected chi connectivity index (χ3v) is 5.19. The van der Waals surface area contributed by atoms with Crippen LogP contribution in [-0.4, -0.2) is 13.9 Å². The molecule has 0 amide bonds. The van der Waals surface area contributed by atoms with Crippen molar-refractivity contribution >= 4 is 27.5 Å². The quantitative estimate of drug-likeness (QED) is 0.888. The van der Waals surface area contributed by atoms with E-state index in [4.69, 9.17) is 5.73 Å². The average molecular weight is 340 g/mol. The van der Waals surface area contributed by atoms with Crippen LogP contribution in [0.25, 0.3) is 0 Å². The van der Waals surface area contributed by atoms with Gasteiger partial charge in [0.25, 0.3) is 0 Å². The molecular formula is C16H25N3OS2. The highest BCUT2D eigenvalue weighted by molar-refractivity contribution is 7.84. The summed E-state index contributed by atoms with van der Waals surface area (Å²) in [4.78, 5) is 5.05. The second-order valence-electron chi connectivity index (χ2n) is 5.44. The van der Waals surface area contributed by atoms with E-state index in [9.17, 15) is 4.21 Å². The molecule has 0 radical (unpaired) electrons. The molecule has 2 rings (SSSR count). The van der Waals surface area contributed by atoms with Crippen LogP contribution in [0.2, 0.25) is 0 Å². The minimum absolute atomic E-state index is 0.161. The number of nitrogens with zero attached hydrogens (tertiary/aromatic N) is 1. The Hall–Kier alpha value is -1.24. The summed E-state index contributed by atoms with van der Waals surface area (Å²) >= 11 is 1.41. The molecule has 3 N–H and O–H groups in total. The van der Waals surface area contributed by atoms with Crippen LogP contribution in [0.3, 0.4) is 0 Å². The van der Waals surface area contributed by atoms with Crippen LogP contribution in [0.1, 0.15) is 51.1 Å². The fraction of sp³-hybridized carbons (Fsp3) is 0.438. The van der Waals surface area contributed by atoms with Crippen LogP contribution in [0, 0.1) is 0 Å². The molecule has 1 aromatic heterocycles. The summed E-state index contributed by atoms with van der Waals surface area (Å²) < 4.78 is 15.2. The summed E-state index contributed by atoms with van der Waals surface area (Å²) in [6.45, 7) is 9.83. The Morgan fingerprint density at radius 2 is 1.82 bits per heavy atom. The van der Waals surface area contributed by atoms with Crippen molar-refractivity contribution in [2.45, 2.75) is 45.4 Å². The van der Waals surface area contributed by atoms with Crippen molar-refractivity contribution in [2.24, 2.45) is 0 Å². The molecule has 0 fully saturated rings. The molecule has 4 nitrogen and oxygen atoms in total. The molecule has 0 saturated heterocycles. The zero-order valence-electron chi connectivity index (χ0n) is 13.8. The van der Waals surface area contributed by atoms with Gasteiger partial charge in [-0.15, -0.1) is 11.3 Å². The Morgan fingerprint density at radius 1 is 1.23 bits per heavy atom. The molecule has 1 aromatic carbocycles. The van der Waals surface area contributed by atoms with E-state index in [0.29, 0.717) is 5.13 Å². The number of thiazole rings is 1. The van der Waals surface area contributed by atoms with E-state index in [1.165, 1.54) is 11.3 Å². The van der Waals surface area contributed by atoms with Crippen LogP contribution in [0.5, 0.6) is 0 Å². The second-order valence-corrected chi connectivity index (χ2v) is 8.54. The molecule has 0 aliphatic rings. The first kappa shape index (κ1) is 18.8. The largest absolute Gasteiger partial charge is 0.375 e. The Balaban J connectivity index is 0.00000116. The molecule has 122 valence electrons. The van der Waals surface area contributed by atoms with Crippen LogP contribution in [-0.2, 0) is 11.0 Å².